The molecule has 0 bridgehead atoms. The lowest BCUT2D eigenvalue weighted by Crippen LogP contribution is -2.48. The Kier molecular flexibility index (Phi) is 6.00. The van der Waals surface area contributed by atoms with Crippen molar-refractivity contribution in [1.29, 1.82) is 0 Å². The van der Waals surface area contributed by atoms with Crippen LogP contribution in [0.25, 0.3) is 10.6 Å². The quantitative estimate of drug-likeness (QED) is 0.430. The van der Waals surface area contributed by atoms with E-state index in [0.29, 0.717) is 21.6 Å². The molecule has 178 valence electrons. The number of hydrogen-bond acceptors (Lipinski definition) is 7. The number of hydrogen-bond donors (Lipinski definition) is 1. The summed E-state index contributed by atoms with van der Waals surface area (Å²) in [6, 6.07) is 21.2. The number of nitrogens with zero attached hydrogens (tertiary/aromatic N) is 3. The first-order valence-electron chi connectivity index (χ1n) is 10.9. The Morgan fingerprint density at radius 3 is 2.46 bits per heavy atom. The largest absolute Gasteiger partial charge is 0.476 e. The Balaban J connectivity index is 1.41. The Hall–Kier alpha value is -3.76. The number of aryl methyl sites for hydroxylation is 2. The maximum Gasteiger partial charge on any atom is 0.269 e. The Morgan fingerprint density at radius 1 is 1.00 bits per heavy atom. The second-order valence-corrected chi connectivity index (χ2v) is 11.0. The summed E-state index contributed by atoms with van der Waals surface area (Å²) in [6.07, 6.45) is -1.07. The molecule has 1 aliphatic rings. The smallest absolute Gasteiger partial charge is 0.269 e. The lowest BCUT2D eigenvalue weighted by molar-refractivity contribution is -0.122. The predicted molar refractivity (Wildman–Crippen MR) is 135 cm³/mol. The Labute approximate surface area is 207 Å². The number of carbonyl (C=O) groups excluding carboxylic acids is 1. The summed E-state index contributed by atoms with van der Waals surface area (Å²) >= 11 is 1.23. The number of aromatic nitrogens is 2. The van der Waals surface area contributed by atoms with Crippen molar-refractivity contribution in [2.75, 3.05) is 16.2 Å². The summed E-state index contributed by atoms with van der Waals surface area (Å²) in [5, 5.41) is 11.9. The minimum absolute atomic E-state index is 0.138. The summed E-state index contributed by atoms with van der Waals surface area (Å²) in [5.74, 6) is -0.175. The van der Waals surface area contributed by atoms with Gasteiger partial charge in [0, 0.05) is 5.56 Å². The van der Waals surface area contributed by atoms with Gasteiger partial charge >= 0.3 is 0 Å². The van der Waals surface area contributed by atoms with Crippen LogP contribution in [-0.2, 0) is 14.8 Å². The minimum atomic E-state index is -3.92. The summed E-state index contributed by atoms with van der Waals surface area (Å²) in [4.78, 5) is 13.3. The van der Waals surface area contributed by atoms with Crippen LogP contribution in [0.2, 0.25) is 0 Å². The van der Waals surface area contributed by atoms with Crippen molar-refractivity contribution in [3.05, 3.63) is 83.9 Å². The fourth-order valence-corrected chi connectivity index (χ4v) is 5.97. The molecule has 0 saturated heterocycles. The molecule has 0 radical (unpaired) electrons. The van der Waals surface area contributed by atoms with Crippen molar-refractivity contribution in [1.82, 2.24) is 10.2 Å². The van der Waals surface area contributed by atoms with Gasteiger partial charge in [0.25, 0.3) is 15.9 Å². The van der Waals surface area contributed by atoms with Gasteiger partial charge in [-0.05, 0) is 43.7 Å². The lowest BCUT2D eigenvalue weighted by atomic mass is 10.1. The molecule has 35 heavy (non-hydrogen) atoms. The molecule has 0 fully saturated rings. The van der Waals surface area contributed by atoms with E-state index in [9.17, 15) is 13.2 Å². The number of fused-ring (bicyclic) bond motifs is 1. The first-order valence-corrected chi connectivity index (χ1v) is 13.1. The van der Waals surface area contributed by atoms with Crippen molar-refractivity contribution in [2.45, 2.75) is 24.8 Å². The standard InChI is InChI=1S/C25H22N4O4S2/c1-16-8-11-18(12-9-16)24-27-28-25(34-24)26-23(30)22-15-29(20-13-10-17(2)14-21(20)33-22)35(31,32)19-6-4-3-5-7-19/h3-14,22H,15H2,1-2H3,(H,26,28,30). The number of carbonyl (C=O) groups is 1. The van der Waals surface area contributed by atoms with Crippen molar-refractivity contribution in [3.8, 4) is 16.3 Å². The normalized spacial score (nSPS) is 15.3. The summed E-state index contributed by atoms with van der Waals surface area (Å²) in [7, 11) is -3.92. The molecule has 1 amide bonds. The first-order chi connectivity index (χ1) is 16.8. The minimum Gasteiger partial charge on any atom is -0.476 e. The molecule has 2 heterocycles. The van der Waals surface area contributed by atoms with Crippen molar-refractivity contribution in [2.24, 2.45) is 0 Å². The van der Waals surface area contributed by atoms with Crippen LogP contribution < -0.4 is 14.4 Å². The van der Waals surface area contributed by atoms with Gasteiger partial charge in [0.05, 0.1) is 17.1 Å². The lowest BCUT2D eigenvalue weighted by Gasteiger charge is -2.34. The van der Waals surface area contributed by atoms with E-state index in [4.69, 9.17) is 4.74 Å². The molecule has 0 aliphatic carbocycles. The van der Waals surface area contributed by atoms with Gasteiger partial charge in [-0.1, -0.05) is 65.4 Å². The number of nitrogens with one attached hydrogen (secondary N) is 1. The molecule has 1 atom stereocenters. The third-order valence-corrected chi connectivity index (χ3v) is 8.24. The molecular formula is C25H22N4O4S2. The molecule has 0 saturated carbocycles. The van der Waals surface area contributed by atoms with Gasteiger partial charge < -0.3 is 4.74 Å². The monoisotopic (exact) mass is 506 g/mol. The van der Waals surface area contributed by atoms with Gasteiger partial charge in [0.1, 0.15) is 10.8 Å². The van der Waals surface area contributed by atoms with Crippen LogP contribution in [0, 0.1) is 13.8 Å². The molecule has 8 nitrogen and oxygen atoms in total. The van der Waals surface area contributed by atoms with Crippen LogP contribution in [0.15, 0.2) is 77.7 Å². The molecule has 5 rings (SSSR count). The number of ether oxygens (including phenoxy) is 1. The average Bonchev–Trinajstić information content (AvgIpc) is 3.32. The number of benzene rings is 3. The van der Waals surface area contributed by atoms with E-state index in [0.717, 1.165) is 16.7 Å². The molecule has 10 heteroatoms. The van der Waals surface area contributed by atoms with E-state index in [2.05, 4.69) is 15.5 Å². The van der Waals surface area contributed by atoms with E-state index >= 15 is 0 Å². The zero-order chi connectivity index (χ0) is 24.6. The summed E-state index contributed by atoms with van der Waals surface area (Å²) < 4.78 is 34.1. The fourth-order valence-electron chi connectivity index (χ4n) is 3.72. The van der Waals surface area contributed by atoms with E-state index in [1.165, 1.54) is 27.8 Å². The number of rotatable bonds is 5. The third kappa shape index (κ3) is 4.62. The van der Waals surface area contributed by atoms with Gasteiger partial charge in [0.2, 0.25) is 5.13 Å². The molecule has 3 aromatic carbocycles. The molecule has 0 spiro atoms. The second kappa shape index (κ2) is 9.12. The molecule has 1 aromatic heterocycles. The highest BCUT2D eigenvalue weighted by Gasteiger charge is 2.38. The third-order valence-electron chi connectivity index (χ3n) is 5.56. The highest BCUT2D eigenvalue weighted by molar-refractivity contribution is 7.92. The van der Waals surface area contributed by atoms with Crippen LogP contribution in [-0.4, -0.2) is 37.2 Å². The fraction of sp³-hybridized carbons (Fsp3) is 0.160. The maximum atomic E-state index is 13.5. The van der Waals surface area contributed by atoms with E-state index < -0.39 is 22.0 Å². The Bertz CT molecular complexity index is 1490. The Morgan fingerprint density at radius 2 is 1.71 bits per heavy atom. The van der Waals surface area contributed by atoms with Crippen LogP contribution >= 0.6 is 11.3 Å². The average molecular weight is 507 g/mol. The first kappa shape index (κ1) is 23.0. The summed E-state index contributed by atoms with van der Waals surface area (Å²) in [6.45, 7) is 3.70. The van der Waals surface area contributed by atoms with Crippen LogP contribution in [0.1, 0.15) is 11.1 Å². The van der Waals surface area contributed by atoms with Crippen LogP contribution in [0.4, 0.5) is 10.8 Å². The molecule has 1 N–H and O–H groups in total. The van der Waals surface area contributed by atoms with Gasteiger partial charge in [-0.15, -0.1) is 10.2 Å². The van der Waals surface area contributed by atoms with Crippen LogP contribution in [0.3, 0.4) is 0 Å². The molecular weight excluding hydrogens is 484 g/mol. The van der Waals surface area contributed by atoms with E-state index in [-0.39, 0.29) is 11.4 Å². The predicted octanol–water partition coefficient (Wildman–Crippen LogP) is 4.42. The SMILES string of the molecule is Cc1ccc(-c2nnc(NC(=O)C3CN(S(=O)(=O)c4ccccc4)c4ccc(C)cc4O3)s2)cc1. The van der Waals surface area contributed by atoms with Gasteiger partial charge in [-0.25, -0.2) is 8.42 Å². The van der Waals surface area contributed by atoms with Crippen molar-refractivity contribution < 1.29 is 17.9 Å². The zero-order valence-electron chi connectivity index (χ0n) is 19.0. The zero-order valence-corrected chi connectivity index (χ0v) is 20.6. The number of anilines is 2. The van der Waals surface area contributed by atoms with Crippen molar-refractivity contribution in [3.63, 3.8) is 0 Å². The summed E-state index contributed by atoms with van der Waals surface area (Å²) in [5.41, 5.74) is 3.30. The number of sulfonamides is 1. The number of amides is 1. The van der Waals surface area contributed by atoms with Gasteiger partial charge in [0.15, 0.2) is 6.10 Å². The van der Waals surface area contributed by atoms with Gasteiger partial charge in [-0.3, -0.25) is 14.4 Å². The molecule has 1 aliphatic heterocycles. The molecule has 4 aromatic rings. The molecule has 1 unspecified atom stereocenters. The highest BCUT2D eigenvalue weighted by Crippen LogP contribution is 2.38. The van der Waals surface area contributed by atoms with E-state index in [1.54, 1.807) is 30.3 Å². The van der Waals surface area contributed by atoms with Gasteiger partial charge in [-0.2, -0.15) is 0 Å². The van der Waals surface area contributed by atoms with E-state index in [1.807, 2.05) is 44.2 Å². The van der Waals surface area contributed by atoms with Crippen molar-refractivity contribution >= 4 is 38.1 Å². The maximum absolute atomic E-state index is 13.5. The highest BCUT2D eigenvalue weighted by atomic mass is 32.2. The van der Waals surface area contributed by atoms with Crippen LogP contribution in [0.5, 0.6) is 5.75 Å². The topological polar surface area (TPSA) is 101 Å². The second-order valence-electron chi connectivity index (χ2n) is 8.19.